The van der Waals surface area contributed by atoms with Crippen molar-refractivity contribution in [2.24, 2.45) is 0 Å². The minimum atomic E-state index is -0.0265. The molecule has 0 bridgehead atoms. The average Bonchev–Trinajstić information content (AvgIpc) is 2.83. The second kappa shape index (κ2) is 6.04. The molecule has 0 unspecified atom stereocenters. The van der Waals surface area contributed by atoms with Crippen LogP contribution in [0, 0.1) is 0 Å². The van der Waals surface area contributed by atoms with Gasteiger partial charge in [-0.15, -0.1) is 0 Å². The summed E-state index contributed by atoms with van der Waals surface area (Å²) in [5.74, 6) is 0.970. The summed E-state index contributed by atoms with van der Waals surface area (Å²) < 4.78 is 2.00. The van der Waals surface area contributed by atoms with Gasteiger partial charge in [-0.1, -0.05) is 13.0 Å². The highest BCUT2D eigenvalue weighted by molar-refractivity contribution is 5.91. The van der Waals surface area contributed by atoms with Crippen molar-refractivity contribution in [3.05, 3.63) is 42.5 Å². The molecule has 100 valence electrons. The van der Waals surface area contributed by atoms with Crippen LogP contribution in [0.1, 0.15) is 19.2 Å². The number of rotatable bonds is 5. The van der Waals surface area contributed by atoms with Crippen LogP contribution in [-0.2, 0) is 17.8 Å². The van der Waals surface area contributed by atoms with E-state index in [0.717, 1.165) is 17.9 Å². The molecular weight excluding hydrogens is 240 g/mol. The lowest BCUT2D eigenvalue weighted by atomic mass is 10.2. The average molecular weight is 258 g/mol. The van der Waals surface area contributed by atoms with Crippen molar-refractivity contribution >= 4 is 17.3 Å². The van der Waals surface area contributed by atoms with E-state index < -0.39 is 0 Å². The lowest BCUT2D eigenvalue weighted by molar-refractivity contribution is -0.116. The van der Waals surface area contributed by atoms with Crippen LogP contribution in [0.5, 0.6) is 0 Å². The fraction of sp³-hybridized carbons (Fsp3) is 0.286. The molecule has 5 nitrogen and oxygen atoms in total. The zero-order valence-electron chi connectivity index (χ0n) is 11.0. The Morgan fingerprint density at radius 2 is 2.32 bits per heavy atom. The number of nitrogens with one attached hydrogen (secondary N) is 1. The number of amides is 1. The lowest BCUT2D eigenvalue weighted by Gasteiger charge is -2.08. The molecule has 0 aliphatic heterocycles. The number of hydrogen-bond donors (Lipinski definition) is 2. The number of aryl methyl sites for hydroxylation is 2. The van der Waals surface area contributed by atoms with Crippen LogP contribution in [0.4, 0.5) is 11.4 Å². The molecule has 0 radical (unpaired) electrons. The molecule has 1 aromatic heterocycles. The van der Waals surface area contributed by atoms with Gasteiger partial charge in [0.15, 0.2) is 0 Å². The molecule has 2 rings (SSSR count). The SMILES string of the molecule is CCc1nccn1CCC(=O)Nc1cccc(N)c1. The van der Waals surface area contributed by atoms with Crippen molar-refractivity contribution in [1.29, 1.82) is 0 Å². The Balaban J connectivity index is 1.88. The summed E-state index contributed by atoms with van der Waals surface area (Å²) in [5.41, 5.74) is 7.03. The first-order chi connectivity index (χ1) is 9.19. The number of carbonyl (C=O) groups is 1. The minimum Gasteiger partial charge on any atom is -0.399 e. The van der Waals surface area contributed by atoms with E-state index in [-0.39, 0.29) is 5.91 Å². The van der Waals surface area contributed by atoms with Crippen molar-refractivity contribution in [2.45, 2.75) is 26.3 Å². The molecule has 1 heterocycles. The number of nitrogens with zero attached hydrogens (tertiary/aromatic N) is 2. The first kappa shape index (κ1) is 13.1. The van der Waals surface area contributed by atoms with Crippen molar-refractivity contribution in [3.8, 4) is 0 Å². The Bertz CT molecular complexity index is 562. The summed E-state index contributed by atoms with van der Waals surface area (Å²) >= 11 is 0. The summed E-state index contributed by atoms with van der Waals surface area (Å²) in [7, 11) is 0. The first-order valence-corrected chi connectivity index (χ1v) is 6.34. The van der Waals surface area contributed by atoms with E-state index in [4.69, 9.17) is 5.73 Å². The maximum absolute atomic E-state index is 11.8. The second-order valence-corrected chi connectivity index (χ2v) is 4.31. The van der Waals surface area contributed by atoms with Gasteiger partial charge in [0.2, 0.25) is 5.91 Å². The summed E-state index contributed by atoms with van der Waals surface area (Å²) in [6.07, 6.45) is 4.93. The molecule has 1 amide bonds. The van der Waals surface area contributed by atoms with Crippen LogP contribution in [0.25, 0.3) is 0 Å². The van der Waals surface area contributed by atoms with Gasteiger partial charge in [0.1, 0.15) is 5.82 Å². The largest absolute Gasteiger partial charge is 0.399 e. The van der Waals surface area contributed by atoms with E-state index in [9.17, 15) is 4.79 Å². The quantitative estimate of drug-likeness (QED) is 0.806. The molecule has 0 aliphatic rings. The fourth-order valence-electron chi connectivity index (χ4n) is 1.92. The molecule has 0 aliphatic carbocycles. The van der Waals surface area contributed by atoms with E-state index in [2.05, 4.69) is 10.3 Å². The molecule has 2 aromatic rings. The number of anilines is 2. The highest BCUT2D eigenvalue weighted by Gasteiger charge is 2.05. The van der Waals surface area contributed by atoms with E-state index in [0.29, 0.717) is 18.7 Å². The Morgan fingerprint density at radius 1 is 1.47 bits per heavy atom. The van der Waals surface area contributed by atoms with Crippen LogP contribution in [0.2, 0.25) is 0 Å². The highest BCUT2D eigenvalue weighted by atomic mass is 16.1. The number of carbonyl (C=O) groups excluding carboxylic acids is 1. The van der Waals surface area contributed by atoms with Crippen molar-refractivity contribution < 1.29 is 4.79 Å². The summed E-state index contributed by atoms with van der Waals surface area (Å²) in [4.78, 5) is 16.1. The van der Waals surface area contributed by atoms with Crippen molar-refractivity contribution in [1.82, 2.24) is 9.55 Å². The van der Waals surface area contributed by atoms with Crippen LogP contribution in [0.3, 0.4) is 0 Å². The van der Waals surface area contributed by atoms with Crippen LogP contribution in [-0.4, -0.2) is 15.5 Å². The molecule has 3 N–H and O–H groups in total. The zero-order chi connectivity index (χ0) is 13.7. The fourth-order valence-corrected chi connectivity index (χ4v) is 1.92. The molecule has 0 saturated heterocycles. The van der Waals surface area contributed by atoms with Crippen molar-refractivity contribution in [2.75, 3.05) is 11.1 Å². The lowest BCUT2D eigenvalue weighted by Crippen LogP contribution is -2.15. The molecule has 0 fully saturated rings. The van der Waals surface area contributed by atoms with Gasteiger partial charge in [-0.2, -0.15) is 0 Å². The Hall–Kier alpha value is -2.30. The third-order valence-corrected chi connectivity index (χ3v) is 2.87. The maximum atomic E-state index is 11.8. The van der Waals surface area contributed by atoms with E-state index in [1.54, 1.807) is 18.3 Å². The monoisotopic (exact) mass is 258 g/mol. The van der Waals surface area contributed by atoms with Crippen molar-refractivity contribution in [3.63, 3.8) is 0 Å². The van der Waals surface area contributed by atoms with E-state index in [1.165, 1.54) is 0 Å². The number of nitrogens with two attached hydrogens (primary N) is 1. The van der Waals surface area contributed by atoms with Gasteiger partial charge in [0, 0.05) is 43.2 Å². The van der Waals surface area contributed by atoms with Gasteiger partial charge in [-0.05, 0) is 18.2 Å². The summed E-state index contributed by atoms with van der Waals surface area (Å²) in [6.45, 7) is 2.68. The molecule has 19 heavy (non-hydrogen) atoms. The van der Waals surface area contributed by atoms with E-state index >= 15 is 0 Å². The molecule has 0 saturated carbocycles. The third kappa shape index (κ3) is 3.58. The number of aromatic nitrogens is 2. The maximum Gasteiger partial charge on any atom is 0.226 e. The van der Waals surface area contributed by atoms with Gasteiger partial charge in [0.05, 0.1) is 0 Å². The predicted octanol–water partition coefficient (Wildman–Crippen LogP) is 2.06. The highest BCUT2D eigenvalue weighted by Crippen LogP contribution is 2.12. The van der Waals surface area contributed by atoms with Gasteiger partial charge >= 0.3 is 0 Å². The molecule has 5 heteroatoms. The number of imidazole rings is 1. The van der Waals surface area contributed by atoms with Crippen LogP contribution < -0.4 is 11.1 Å². The number of nitrogen functional groups attached to an aromatic ring is 1. The normalized spacial score (nSPS) is 10.4. The molecule has 0 atom stereocenters. The number of benzene rings is 1. The van der Waals surface area contributed by atoms with Gasteiger partial charge < -0.3 is 15.6 Å². The summed E-state index contributed by atoms with van der Waals surface area (Å²) in [5, 5.41) is 2.83. The topological polar surface area (TPSA) is 72.9 Å². The first-order valence-electron chi connectivity index (χ1n) is 6.34. The smallest absolute Gasteiger partial charge is 0.226 e. The molecule has 1 aromatic carbocycles. The minimum absolute atomic E-state index is 0.0265. The van der Waals surface area contributed by atoms with Gasteiger partial charge in [0.25, 0.3) is 0 Å². The standard InChI is InChI=1S/C14H18N4O/c1-2-13-16-7-9-18(13)8-6-14(19)17-12-5-3-4-11(15)10-12/h3-5,7,9-10H,2,6,8,15H2,1H3,(H,17,19). The van der Waals surface area contributed by atoms with Crippen LogP contribution >= 0.6 is 0 Å². The molecule has 0 spiro atoms. The Labute approximate surface area is 112 Å². The molecular formula is C14H18N4O. The predicted molar refractivity (Wildman–Crippen MR) is 75.7 cm³/mol. The second-order valence-electron chi connectivity index (χ2n) is 4.31. The van der Waals surface area contributed by atoms with Gasteiger partial charge in [-0.3, -0.25) is 4.79 Å². The van der Waals surface area contributed by atoms with Gasteiger partial charge in [-0.25, -0.2) is 4.98 Å². The Kier molecular flexibility index (Phi) is 4.18. The zero-order valence-corrected chi connectivity index (χ0v) is 11.0. The Morgan fingerprint density at radius 3 is 3.05 bits per heavy atom. The summed E-state index contributed by atoms with van der Waals surface area (Å²) in [6, 6.07) is 7.17. The third-order valence-electron chi connectivity index (χ3n) is 2.87. The van der Waals surface area contributed by atoms with Crippen LogP contribution in [0.15, 0.2) is 36.7 Å². The number of hydrogen-bond acceptors (Lipinski definition) is 3. The van der Waals surface area contributed by atoms with E-state index in [1.807, 2.05) is 29.8 Å².